The molecule has 0 aliphatic rings. The van der Waals surface area contributed by atoms with Crippen molar-refractivity contribution in [1.82, 2.24) is 30.2 Å². The average Bonchev–Trinajstić information content (AvgIpc) is 3.61. The smallest absolute Gasteiger partial charge is 0.0927 e. The number of aromatic nitrogens is 4. The van der Waals surface area contributed by atoms with Gasteiger partial charge >= 0.3 is 0 Å². The molecule has 0 saturated carbocycles. The van der Waals surface area contributed by atoms with Gasteiger partial charge in [0.1, 0.15) is 0 Å². The lowest BCUT2D eigenvalue weighted by Crippen LogP contribution is -2.17. The van der Waals surface area contributed by atoms with Gasteiger partial charge in [-0.05, 0) is 83.6 Å². The van der Waals surface area contributed by atoms with Crippen molar-refractivity contribution in [2.75, 3.05) is 26.3 Å². The minimum absolute atomic E-state index is 0.127. The Labute approximate surface area is 245 Å². The van der Waals surface area contributed by atoms with E-state index in [1.54, 1.807) is 0 Å². The van der Waals surface area contributed by atoms with Gasteiger partial charge in [-0.3, -0.25) is 0 Å². The van der Waals surface area contributed by atoms with Crippen molar-refractivity contribution in [3.05, 3.63) is 107 Å². The lowest BCUT2D eigenvalue weighted by Gasteiger charge is -2.16. The van der Waals surface area contributed by atoms with Crippen molar-refractivity contribution in [1.29, 1.82) is 0 Å². The summed E-state index contributed by atoms with van der Waals surface area (Å²) in [6.07, 6.45) is 4.17. The number of fused-ring (bicyclic) bond motifs is 2. The summed E-state index contributed by atoms with van der Waals surface area (Å²) in [5, 5.41) is 36.5. The summed E-state index contributed by atoms with van der Waals surface area (Å²) in [5.41, 5.74) is 10.9. The van der Waals surface area contributed by atoms with Crippen molar-refractivity contribution in [3.63, 3.8) is 0 Å². The molecule has 42 heavy (non-hydrogen) atoms. The van der Waals surface area contributed by atoms with Gasteiger partial charge in [-0.1, -0.05) is 36.4 Å². The third kappa shape index (κ3) is 5.57. The monoisotopic (exact) mass is 560 g/mol. The molecule has 0 spiro atoms. The number of aliphatic hydroxyl groups excluding tert-OH is 2. The highest BCUT2D eigenvalue weighted by molar-refractivity contribution is 5.82. The third-order valence-electron chi connectivity index (χ3n) is 7.77. The zero-order chi connectivity index (χ0) is 29.1. The number of nitrogens with one attached hydrogen (secondary N) is 2. The van der Waals surface area contributed by atoms with Gasteiger partial charge < -0.3 is 20.8 Å². The molecule has 214 valence electrons. The van der Waals surface area contributed by atoms with E-state index >= 15 is 0 Å². The maximum Gasteiger partial charge on any atom is 0.0927 e. The molecular weight excluding hydrogens is 524 g/mol. The molecule has 6 rings (SSSR count). The second-order valence-electron chi connectivity index (χ2n) is 10.6. The number of nitrogens with zero attached hydrogens (tertiary/aromatic N) is 4. The molecule has 0 fully saturated rings. The van der Waals surface area contributed by atoms with Gasteiger partial charge in [0.2, 0.25) is 0 Å². The molecule has 0 amide bonds. The first-order valence-electron chi connectivity index (χ1n) is 14.4. The predicted molar refractivity (Wildman–Crippen MR) is 168 cm³/mol. The lowest BCUT2D eigenvalue weighted by molar-refractivity contribution is 0.291. The summed E-state index contributed by atoms with van der Waals surface area (Å²) in [4.78, 5) is 0. The Balaban J connectivity index is 1.32. The first-order valence-corrected chi connectivity index (χ1v) is 14.4. The number of rotatable bonds is 11. The fourth-order valence-electron chi connectivity index (χ4n) is 5.57. The van der Waals surface area contributed by atoms with Crippen LogP contribution in [-0.2, 0) is 13.1 Å². The maximum absolute atomic E-state index is 9.05. The molecule has 8 nitrogen and oxygen atoms in total. The summed E-state index contributed by atoms with van der Waals surface area (Å²) in [6.45, 7) is 7.13. The van der Waals surface area contributed by atoms with Crippen LogP contribution in [0.3, 0.4) is 0 Å². The van der Waals surface area contributed by atoms with Crippen LogP contribution in [0.2, 0.25) is 0 Å². The average molecular weight is 561 g/mol. The minimum Gasteiger partial charge on any atom is -0.395 e. The first-order chi connectivity index (χ1) is 20.6. The Morgan fingerprint density at radius 2 is 1.07 bits per heavy atom. The Kier molecular flexibility index (Phi) is 8.12. The van der Waals surface area contributed by atoms with Gasteiger partial charge in [0.25, 0.3) is 0 Å². The van der Waals surface area contributed by atoms with Crippen LogP contribution < -0.4 is 10.6 Å². The van der Waals surface area contributed by atoms with Gasteiger partial charge in [-0.25, -0.2) is 9.36 Å². The van der Waals surface area contributed by atoms with Crippen molar-refractivity contribution in [3.8, 4) is 22.5 Å². The van der Waals surface area contributed by atoms with E-state index in [0.717, 1.165) is 66.6 Å². The number of hydrogen-bond donors (Lipinski definition) is 4. The number of benzene rings is 4. The van der Waals surface area contributed by atoms with E-state index < -0.39 is 0 Å². The SMILES string of the molecule is Cc1c(-c2cccc(-n3cc4cc(CNCCO)ccc4n3)c2C)cccc1-n1cc2cc(CNCCO)ccc2n1. The molecule has 2 aromatic heterocycles. The van der Waals surface area contributed by atoms with Gasteiger partial charge in [0.05, 0.1) is 35.6 Å². The molecule has 4 aromatic carbocycles. The zero-order valence-electron chi connectivity index (χ0n) is 24.0. The van der Waals surface area contributed by atoms with Gasteiger partial charge in [0, 0.05) is 49.3 Å². The molecule has 0 saturated heterocycles. The van der Waals surface area contributed by atoms with Gasteiger partial charge in [-0.2, -0.15) is 10.2 Å². The van der Waals surface area contributed by atoms with E-state index in [9.17, 15) is 0 Å². The standard InChI is InChI=1S/C34H36N6O2/c1-23-29(5-3-7-33(23)39-21-27-17-25(19-35-13-15-41)9-11-31(27)37-39)30-6-4-8-34(24(30)2)40-22-28-18-26(20-36-14-16-42)10-12-32(28)38-40/h3-12,17-18,21-22,35-36,41-42H,13-16,19-20H2,1-2H3. The highest BCUT2D eigenvalue weighted by Crippen LogP contribution is 2.33. The topological polar surface area (TPSA) is 100 Å². The van der Waals surface area contributed by atoms with Crippen LogP contribution in [0.4, 0.5) is 0 Å². The zero-order valence-corrected chi connectivity index (χ0v) is 24.0. The van der Waals surface area contributed by atoms with E-state index in [4.69, 9.17) is 20.4 Å². The fraction of sp³-hybridized carbons (Fsp3) is 0.235. The highest BCUT2D eigenvalue weighted by Gasteiger charge is 2.15. The van der Waals surface area contributed by atoms with Crippen molar-refractivity contribution < 1.29 is 10.2 Å². The van der Waals surface area contributed by atoms with E-state index in [1.807, 2.05) is 9.36 Å². The Bertz CT molecular complexity index is 1720. The van der Waals surface area contributed by atoms with E-state index in [1.165, 1.54) is 0 Å². The Morgan fingerprint density at radius 3 is 1.50 bits per heavy atom. The second-order valence-corrected chi connectivity index (χ2v) is 10.6. The molecule has 0 atom stereocenters. The minimum atomic E-state index is 0.127. The number of aliphatic hydroxyl groups is 2. The van der Waals surface area contributed by atoms with Crippen LogP contribution >= 0.6 is 0 Å². The van der Waals surface area contributed by atoms with Crippen molar-refractivity contribution in [2.24, 2.45) is 0 Å². The molecule has 0 unspecified atom stereocenters. The molecule has 2 heterocycles. The summed E-state index contributed by atoms with van der Waals surface area (Å²) in [7, 11) is 0. The van der Waals surface area contributed by atoms with E-state index in [2.05, 4.69) is 110 Å². The fourth-order valence-corrected chi connectivity index (χ4v) is 5.57. The highest BCUT2D eigenvalue weighted by atomic mass is 16.3. The van der Waals surface area contributed by atoms with Crippen molar-refractivity contribution >= 4 is 21.8 Å². The summed E-state index contributed by atoms with van der Waals surface area (Å²) < 4.78 is 3.95. The molecule has 6 aromatic rings. The van der Waals surface area contributed by atoms with Crippen LogP contribution in [0.5, 0.6) is 0 Å². The summed E-state index contributed by atoms with van der Waals surface area (Å²) in [6, 6.07) is 25.3. The molecule has 0 bridgehead atoms. The van der Waals surface area contributed by atoms with Crippen molar-refractivity contribution in [2.45, 2.75) is 26.9 Å². The lowest BCUT2D eigenvalue weighted by atomic mass is 9.94. The largest absolute Gasteiger partial charge is 0.395 e. The normalized spacial score (nSPS) is 11.6. The third-order valence-corrected chi connectivity index (χ3v) is 7.77. The Morgan fingerprint density at radius 1 is 0.619 bits per heavy atom. The Hall–Kier alpha value is -4.34. The first kappa shape index (κ1) is 27.8. The molecule has 8 heteroatoms. The van der Waals surface area contributed by atoms with E-state index in [0.29, 0.717) is 26.2 Å². The summed E-state index contributed by atoms with van der Waals surface area (Å²) >= 11 is 0. The van der Waals surface area contributed by atoms with Gasteiger partial charge in [-0.15, -0.1) is 0 Å². The van der Waals surface area contributed by atoms with Crippen LogP contribution in [0.1, 0.15) is 22.3 Å². The molecule has 0 aliphatic heterocycles. The van der Waals surface area contributed by atoms with Crippen LogP contribution in [0, 0.1) is 13.8 Å². The molecule has 0 aliphatic carbocycles. The quantitative estimate of drug-likeness (QED) is 0.170. The summed E-state index contributed by atoms with van der Waals surface area (Å²) in [5.74, 6) is 0. The molecule has 4 N–H and O–H groups in total. The van der Waals surface area contributed by atoms with Crippen LogP contribution in [0.25, 0.3) is 44.3 Å². The van der Waals surface area contributed by atoms with Gasteiger partial charge in [0.15, 0.2) is 0 Å². The van der Waals surface area contributed by atoms with Crippen LogP contribution in [0.15, 0.2) is 85.2 Å². The second kappa shape index (κ2) is 12.3. The predicted octanol–water partition coefficient (Wildman–Crippen LogP) is 4.81. The van der Waals surface area contributed by atoms with E-state index in [-0.39, 0.29) is 13.2 Å². The molecular formula is C34H36N6O2. The molecule has 0 radical (unpaired) electrons. The number of hydrogen-bond acceptors (Lipinski definition) is 6. The maximum atomic E-state index is 9.05. The van der Waals surface area contributed by atoms with Crippen LogP contribution in [-0.4, -0.2) is 56.1 Å².